The van der Waals surface area contributed by atoms with Gasteiger partial charge in [-0.2, -0.15) is 0 Å². The highest BCUT2D eigenvalue weighted by molar-refractivity contribution is 9.10. The molecule has 2 N–H and O–H groups in total. The highest BCUT2D eigenvalue weighted by Crippen LogP contribution is 2.24. The van der Waals surface area contributed by atoms with Crippen LogP contribution in [0.2, 0.25) is 0 Å². The van der Waals surface area contributed by atoms with Crippen LogP contribution in [-0.4, -0.2) is 21.5 Å². The molecule has 1 rings (SSSR count). The lowest BCUT2D eigenvalue weighted by Gasteiger charge is -2.20. The molecule has 0 aliphatic heterocycles. The highest BCUT2D eigenvalue weighted by Gasteiger charge is 2.22. The maximum absolute atomic E-state index is 12.5. The van der Waals surface area contributed by atoms with Crippen molar-refractivity contribution >= 4 is 26.0 Å². The minimum atomic E-state index is -3.51. The number of hydrogen-bond acceptors (Lipinski definition) is 3. The Bertz CT molecular complexity index is 546. The smallest absolute Gasteiger partial charge is 0.241 e. The molecule has 0 aliphatic carbocycles. The van der Waals surface area contributed by atoms with Crippen LogP contribution in [-0.2, 0) is 16.6 Å². The molecule has 0 saturated heterocycles. The van der Waals surface area contributed by atoms with Crippen LogP contribution in [0.4, 0.5) is 0 Å². The molecule has 0 amide bonds. The van der Waals surface area contributed by atoms with E-state index >= 15 is 0 Å². The molecule has 0 aliphatic rings. The predicted octanol–water partition coefficient (Wildman–Crippen LogP) is 2.88. The Morgan fingerprint density at radius 1 is 1.30 bits per heavy atom. The largest absolute Gasteiger partial charge is 0.316 e. The van der Waals surface area contributed by atoms with Gasteiger partial charge in [-0.05, 0) is 53.5 Å². The van der Waals surface area contributed by atoms with E-state index in [1.54, 1.807) is 12.1 Å². The minimum Gasteiger partial charge on any atom is -0.316 e. The molecule has 0 bridgehead atoms. The number of nitrogens with one attached hydrogen (secondary N) is 2. The summed E-state index contributed by atoms with van der Waals surface area (Å²) in [4.78, 5) is 0.292. The molecule has 1 aromatic rings. The Labute approximate surface area is 130 Å². The van der Waals surface area contributed by atoms with Crippen LogP contribution in [0, 0.1) is 5.92 Å². The number of hydrogen-bond donors (Lipinski definition) is 2. The molecule has 4 nitrogen and oxygen atoms in total. The lowest BCUT2D eigenvalue weighted by molar-refractivity contribution is 0.434. The molecule has 0 spiro atoms. The molecule has 0 aromatic heterocycles. The van der Waals surface area contributed by atoms with Gasteiger partial charge >= 0.3 is 0 Å². The highest BCUT2D eigenvalue weighted by atomic mass is 79.9. The Balaban J connectivity index is 3.05. The molecular weight excluding hydrogens is 340 g/mol. The summed E-state index contributed by atoms with van der Waals surface area (Å²) in [6.45, 7) is 6.63. The Kier molecular flexibility index (Phi) is 6.64. The molecule has 1 aromatic carbocycles. The van der Waals surface area contributed by atoms with Crippen molar-refractivity contribution < 1.29 is 8.42 Å². The van der Waals surface area contributed by atoms with E-state index in [-0.39, 0.29) is 6.04 Å². The van der Waals surface area contributed by atoms with Crippen molar-refractivity contribution in [3.05, 3.63) is 28.2 Å². The first-order valence-corrected chi connectivity index (χ1v) is 9.04. The summed E-state index contributed by atoms with van der Waals surface area (Å²) in [6.07, 6.45) is 0.935. The van der Waals surface area contributed by atoms with Crippen LogP contribution < -0.4 is 10.0 Å². The average molecular weight is 363 g/mol. The zero-order valence-electron chi connectivity index (χ0n) is 12.4. The number of halogens is 1. The van der Waals surface area contributed by atoms with Gasteiger partial charge in [-0.25, -0.2) is 13.1 Å². The fourth-order valence-corrected chi connectivity index (χ4v) is 4.21. The van der Waals surface area contributed by atoms with Gasteiger partial charge in [0.1, 0.15) is 0 Å². The molecule has 0 radical (unpaired) electrons. The fraction of sp³-hybridized carbons (Fsp3) is 0.571. The third kappa shape index (κ3) is 4.55. The summed E-state index contributed by atoms with van der Waals surface area (Å²) in [5.41, 5.74) is 0.937. The van der Waals surface area contributed by atoms with E-state index in [9.17, 15) is 8.42 Å². The number of sulfonamides is 1. The summed E-state index contributed by atoms with van der Waals surface area (Å²) < 4.78 is 28.3. The quantitative estimate of drug-likeness (QED) is 0.783. The third-order valence-electron chi connectivity index (χ3n) is 3.50. The van der Waals surface area contributed by atoms with Gasteiger partial charge in [0.2, 0.25) is 10.0 Å². The van der Waals surface area contributed by atoms with Gasteiger partial charge in [0.15, 0.2) is 0 Å². The lowest BCUT2D eigenvalue weighted by Crippen LogP contribution is -2.37. The molecule has 114 valence electrons. The number of rotatable bonds is 7. The number of benzene rings is 1. The average Bonchev–Trinajstić information content (AvgIpc) is 2.39. The molecular formula is C14H23BrN2O2S. The van der Waals surface area contributed by atoms with Crippen LogP contribution in [0.15, 0.2) is 27.6 Å². The Morgan fingerprint density at radius 3 is 2.50 bits per heavy atom. The first-order chi connectivity index (χ1) is 9.31. The van der Waals surface area contributed by atoms with Crippen molar-refractivity contribution in [1.82, 2.24) is 10.0 Å². The molecule has 2 atom stereocenters. The van der Waals surface area contributed by atoms with Crippen LogP contribution in [0.3, 0.4) is 0 Å². The predicted molar refractivity (Wildman–Crippen MR) is 86.1 cm³/mol. The lowest BCUT2D eigenvalue weighted by atomic mass is 10.0. The fourth-order valence-electron chi connectivity index (χ4n) is 1.85. The summed E-state index contributed by atoms with van der Waals surface area (Å²) in [7, 11) is -1.68. The van der Waals surface area contributed by atoms with E-state index in [0.717, 1.165) is 12.0 Å². The van der Waals surface area contributed by atoms with Crippen molar-refractivity contribution in [2.24, 2.45) is 5.92 Å². The van der Waals surface area contributed by atoms with Crippen molar-refractivity contribution in [2.45, 2.75) is 44.7 Å². The van der Waals surface area contributed by atoms with Crippen LogP contribution in [0.5, 0.6) is 0 Å². The van der Waals surface area contributed by atoms with Crippen molar-refractivity contribution in [1.29, 1.82) is 0 Å². The Hall–Kier alpha value is -0.430. The molecule has 0 saturated carbocycles. The molecule has 20 heavy (non-hydrogen) atoms. The van der Waals surface area contributed by atoms with Gasteiger partial charge < -0.3 is 5.32 Å². The van der Waals surface area contributed by atoms with Gasteiger partial charge in [-0.15, -0.1) is 0 Å². The molecule has 0 heterocycles. The van der Waals surface area contributed by atoms with E-state index in [1.807, 2.05) is 27.0 Å². The first-order valence-electron chi connectivity index (χ1n) is 6.77. The topological polar surface area (TPSA) is 58.2 Å². The Morgan fingerprint density at radius 2 is 1.95 bits per heavy atom. The van der Waals surface area contributed by atoms with Crippen LogP contribution in [0.1, 0.15) is 32.8 Å². The van der Waals surface area contributed by atoms with E-state index < -0.39 is 10.0 Å². The SMILES string of the molecule is CCC(C)C(C)NS(=O)(=O)c1cc(CNC)ccc1Br. The maximum Gasteiger partial charge on any atom is 0.241 e. The maximum atomic E-state index is 12.5. The van der Waals surface area contributed by atoms with Gasteiger partial charge in [-0.1, -0.05) is 26.3 Å². The molecule has 0 fully saturated rings. The van der Waals surface area contributed by atoms with Gasteiger partial charge in [0.25, 0.3) is 0 Å². The van der Waals surface area contributed by atoms with Crippen LogP contribution in [0.25, 0.3) is 0 Å². The van der Waals surface area contributed by atoms with Gasteiger partial charge in [-0.3, -0.25) is 0 Å². The second-order valence-corrected chi connectivity index (χ2v) is 7.63. The van der Waals surface area contributed by atoms with Gasteiger partial charge in [0, 0.05) is 17.1 Å². The summed E-state index contributed by atoms with van der Waals surface area (Å²) in [6, 6.07) is 5.28. The van der Waals surface area contributed by atoms with E-state index in [1.165, 1.54) is 0 Å². The zero-order valence-corrected chi connectivity index (χ0v) is 14.8. The van der Waals surface area contributed by atoms with E-state index in [4.69, 9.17) is 0 Å². The van der Waals surface area contributed by atoms with E-state index in [2.05, 4.69) is 32.9 Å². The van der Waals surface area contributed by atoms with Crippen molar-refractivity contribution in [2.75, 3.05) is 7.05 Å². The van der Waals surface area contributed by atoms with Crippen LogP contribution >= 0.6 is 15.9 Å². The monoisotopic (exact) mass is 362 g/mol. The first kappa shape index (κ1) is 17.6. The second kappa shape index (κ2) is 7.54. The van der Waals surface area contributed by atoms with Crippen molar-refractivity contribution in [3.8, 4) is 0 Å². The van der Waals surface area contributed by atoms with Gasteiger partial charge in [0.05, 0.1) is 4.90 Å². The zero-order chi connectivity index (χ0) is 15.3. The second-order valence-electron chi connectivity index (χ2n) is 5.09. The summed E-state index contributed by atoms with van der Waals surface area (Å²) in [5, 5.41) is 3.02. The normalized spacial score (nSPS) is 15.1. The van der Waals surface area contributed by atoms with E-state index in [0.29, 0.717) is 21.8 Å². The third-order valence-corrected chi connectivity index (χ3v) is 6.06. The van der Waals surface area contributed by atoms with Crippen molar-refractivity contribution in [3.63, 3.8) is 0 Å². The molecule has 2 unspecified atom stereocenters. The summed E-state index contributed by atoms with van der Waals surface area (Å²) in [5.74, 6) is 0.295. The molecule has 6 heteroatoms. The summed E-state index contributed by atoms with van der Waals surface area (Å²) >= 11 is 3.32. The minimum absolute atomic E-state index is 0.0927. The standard InChI is InChI=1S/C14H23BrN2O2S/c1-5-10(2)11(3)17-20(18,19)14-8-12(9-16-4)6-7-13(14)15/h6-8,10-11,16-17H,5,9H2,1-4H3.